The molecular weight excluding hydrogens is 254 g/mol. The van der Waals surface area contributed by atoms with Crippen LogP contribution in [-0.4, -0.2) is 0 Å². The van der Waals surface area contributed by atoms with E-state index in [4.69, 9.17) is 0 Å². The van der Waals surface area contributed by atoms with Gasteiger partial charge in [-0.15, -0.1) is 0 Å². The summed E-state index contributed by atoms with van der Waals surface area (Å²) in [6.07, 6.45) is 5.57. The molecule has 2 aromatic carbocycles. The zero-order chi connectivity index (χ0) is 15.1. The number of hydrogen-bond acceptors (Lipinski definition) is 1. The lowest BCUT2D eigenvalue weighted by molar-refractivity contribution is 1.46. The average molecular weight is 271 g/mol. The van der Waals surface area contributed by atoms with Gasteiger partial charge in [-0.1, -0.05) is 72.8 Å². The van der Waals surface area contributed by atoms with E-state index in [1.165, 1.54) is 5.56 Å². The molecule has 1 heteroatoms. The number of nitriles is 1. The Morgan fingerprint density at radius 1 is 1.10 bits per heavy atom. The summed E-state index contributed by atoms with van der Waals surface area (Å²) in [5, 5.41) is 9.24. The molecule has 0 amide bonds. The lowest BCUT2D eigenvalue weighted by Crippen LogP contribution is -1.81. The Kier molecular flexibility index (Phi) is 4.90. The largest absolute Gasteiger partial charge is 0.192 e. The van der Waals surface area contributed by atoms with Crippen LogP contribution in [0.1, 0.15) is 16.7 Å². The first kappa shape index (κ1) is 14.6. The third-order valence-corrected chi connectivity index (χ3v) is 3.10. The van der Waals surface area contributed by atoms with Crippen LogP contribution in [0, 0.1) is 18.3 Å². The Bertz CT molecular complexity index is 728. The van der Waals surface area contributed by atoms with Gasteiger partial charge in [-0.25, -0.2) is 0 Å². The Balaban J connectivity index is 2.19. The third kappa shape index (κ3) is 4.33. The summed E-state index contributed by atoms with van der Waals surface area (Å²) in [6.45, 7) is 6.07. The van der Waals surface area contributed by atoms with Crippen molar-refractivity contribution in [2.24, 2.45) is 0 Å². The first-order chi connectivity index (χ1) is 10.2. The molecule has 0 N–H and O–H groups in total. The van der Waals surface area contributed by atoms with E-state index in [-0.39, 0.29) is 0 Å². The number of benzene rings is 2. The van der Waals surface area contributed by atoms with Crippen LogP contribution in [-0.2, 0) is 0 Å². The quantitative estimate of drug-likeness (QED) is 0.556. The molecule has 0 heterocycles. The highest BCUT2D eigenvalue weighted by atomic mass is 14.2. The molecule has 0 saturated carbocycles. The second-order valence-electron chi connectivity index (χ2n) is 4.85. The van der Waals surface area contributed by atoms with Gasteiger partial charge in [0.05, 0.1) is 11.6 Å². The molecule has 0 radical (unpaired) electrons. The molecule has 0 bridgehead atoms. The highest BCUT2D eigenvalue weighted by Gasteiger charge is 1.97. The summed E-state index contributed by atoms with van der Waals surface area (Å²) in [4.78, 5) is 0. The minimum absolute atomic E-state index is 0.588. The fourth-order valence-electron chi connectivity index (χ4n) is 2.00. The molecule has 2 rings (SSSR count). The predicted molar refractivity (Wildman–Crippen MR) is 89.4 cm³/mol. The lowest BCUT2D eigenvalue weighted by atomic mass is 10.0. The Morgan fingerprint density at radius 3 is 2.52 bits per heavy atom. The van der Waals surface area contributed by atoms with Crippen LogP contribution in [0.5, 0.6) is 0 Å². The standard InChI is InChI=1S/C20H17N/c1-16-7-6-8-18(13-16)11-12-19(15-21)14-17(2)20-9-4-3-5-10-20/h3-14H,2H2,1H3/b12-11+,19-14+. The van der Waals surface area contributed by atoms with Gasteiger partial charge in [0.2, 0.25) is 0 Å². The van der Waals surface area contributed by atoms with Crippen molar-refractivity contribution >= 4 is 11.6 Å². The Hall–Kier alpha value is -2.85. The summed E-state index contributed by atoms with van der Waals surface area (Å²) in [5.41, 5.74) is 4.73. The van der Waals surface area contributed by atoms with Gasteiger partial charge in [0.25, 0.3) is 0 Å². The van der Waals surface area contributed by atoms with Crippen molar-refractivity contribution in [2.75, 3.05) is 0 Å². The van der Waals surface area contributed by atoms with Crippen LogP contribution in [0.15, 0.2) is 78.9 Å². The van der Waals surface area contributed by atoms with Crippen molar-refractivity contribution in [3.05, 3.63) is 95.6 Å². The molecule has 0 spiro atoms. The third-order valence-electron chi connectivity index (χ3n) is 3.10. The summed E-state index contributed by atoms with van der Waals surface area (Å²) in [5.74, 6) is 0. The SMILES string of the molecule is C=C(/C=C(C#N)\C=C\c1cccc(C)c1)c1ccccc1. The molecule has 0 saturated heterocycles. The number of nitrogens with zero attached hydrogens (tertiary/aromatic N) is 1. The predicted octanol–water partition coefficient (Wildman–Crippen LogP) is 5.17. The first-order valence-corrected chi connectivity index (χ1v) is 6.80. The maximum Gasteiger partial charge on any atom is 0.0991 e. The molecule has 0 aliphatic carbocycles. The van der Waals surface area contributed by atoms with Gasteiger partial charge in [-0.2, -0.15) is 5.26 Å². The molecule has 0 aliphatic heterocycles. The normalized spacial score (nSPS) is 11.3. The molecule has 2 aromatic rings. The zero-order valence-electron chi connectivity index (χ0n) is 12.1. The second kappa shape index (κ2) is 7.07. The van der Waals surface area contributed by atoms with Gasteiger partial charge in [-0.3, -0.25) is 0 Å². The smallest absolute Gasteiger partial charge is 0.0991 e. The van der Waals surface area contributed by atoms with E-state index in [2.05, 4.69) is 31.7 Å². The second-order valence-corrected chi connectivity index (χ2v) is 4.85. The number of rotatable bonds is 4. The number of hydrogen-bond donors (Lipinski definition) is 0. The van der Waals surface area contributed by atoms with Gasteiger partial charge in [0.15, 0.2) is 0 Å². The van der Waals surface area contributed by atoms with Crippen molar-refractivity contribution in [1.29, 1.82) is 5.26 Å². The fourth-order valence-corrected chi connectivity index (χ4v) is 2.00. The van der Waals surface area contributed by atoms with Crippen molar-refractivity contribution in [3.8, 4) is 6.07 Å². The molecule has 1 nitrogen and oxygen atoms in total. The molecule has 0 aromatic heterocycles. The minimum atomic E-state index is 0.588. The Morgan fingerprint density at radius 2 is 1.86 bits per heavy atom. The summed E-state index contributed by atoms with van der Waals surface area (Å²) >= 11 is 0. The zero-order valence-corrected chi connectivity index (χ0v) is 12.1. The monoisotopic (exact) mass is 271 g/mol. The van der Waals surface area contributed by atoms with E-state index >= 15 is 0 Å². The van der Waals surface area contributed by atoms with Gasteiger partial charge in [0.1, 0.15) is 0 Å². The van der Waals surface area contributed by atoms with Gasteiger partial charge in [-0.05, 0) is 35.8 Å². The maximum absolute atomic E-state index is 9.24. The fraction of sp³-hybridized carbons (Fsp3) is 0.0500. The van der Waals surface area contributed by atoms with Crippen LogP contribution in [0.3, 0.4) is 0 Å². The van der Waals surface area contributed by atoms with Gasteiger partial charge >= 0.3 is 0 Å². The molecule has 0 fully saturated rings. The van der Waals surface area contributed by atoms with Crippen molar-refractivity contribution in [1.82, 2.24) is 0 Å². The van der Waals surface area contributed by atoms with E-state index in [0.717, 1.165) is 16.7 Å². The summed E-state index contributed by atoms with van der Waals surface area (Å²) in [6, 6.07) is 20.2. The lowest BCUT2D eigenvalue weighted by Gasteiger charge is -2.00. The van der Waals surface area contributed by atoms with E-state index in [1.54, 1.807) is 0 Å². The van der Waals surface area contributed by atoms with Crippen molar-refractivity contribution in [3.63, 3.8) is 0 Å². The molecule has 102 valence electrons. The van der Waals surface area contributed by atoms with Crippen LogP contribution < -0.4 is 0 Å². The van der Waals surface area contributed by atoms with Crippen molar-refractivity contribution in [2.45, 2.75) is 6.92 Å². The van der Waals surface area contributed by atoms with E-state index < -0.39 is 0 Å². The van der Waals surface area contributed by atoms with Gasteiger partial charge in [0, 0.05) is 0 Å². The highest BCUT2D eigenvalue weighted by Crippen LogP contribution is 2.16. The molecular formula is C20H17N. The molecule has 0 aliphatic rings. The maximum atomic E-state index is 9.24. The van der Waals surface area contributed by atoms with E-state index in [1.807, 2.05) is 60.7 Å². The molecule has 0 atom stereocenters. The minimum Gasteiger partial charge on any atom is -0.192 e. The van der Waals surface area contributed by atoms with Crippen LogP contribution in [0.2, 0.25) is 0 Å². The summed E-state index contributed by atoms with van der Waals surface area (Å²) < 4.78 is 0. The first-order valence-electron chi connectivity index (χ1n) is 6.80. The highest BCUT2D eigenvalue weighted by molar-refractivity contribution is 5.75. The van der Waals surface area contributed by atoms with Crippen LogP contribution in [0.4, 0.5) is 0 Å². The number of allylic oxidation sites excluding steroid dienone is 4. The van der Waals surface area contributed by atoms with E-state index in [0.29, 0.717) is 5.57 Å². The molecule has 0 unspecified atom stereocenters. The Labute approximate surface area is 126 Å². The average Bonchev–Trinajstić information content (AvgIpc) is 2.52. The van der Waals surface area contributed by atoms with E-state index in [9.17, 15) is 5.26 Å². The van der Waals surface area contributed by atoms with Crippen molar-refractivity contribution < 1.29 is 0 Å². The number of aryl methyl sites for hydroxylation is 1. The molecule has 21 heavy (non-hydrogen) atoms. The summed E-state index contributed by atoms with van der Waals surface area (Å²) in [7, 11) is 0. The van der Waals surface area contributed by atoms with Crippen LogP contribution >= 0.6 is 0 Å². The van der Waals surface area contributed by atoms with Crippen LogP contribution in [0.25, 0.3) is 11.6 Å². The van der Waals surface area contributed by atoms with Gasteiger partial charge < -0.3 is 0 Å². The topological polar surface area (TPSA) is 23.8 Å².